The van der Waals surface area contributed by atoms with E-state index in [0.29, 0.717) is 31.9 Å². The lowest BCUT2D eigenvalue weighted by Gasteiger charge is -2.34. The van der Waals surface area contributed by atoms with E-state index in [1.807, 2.05) is 4.90 Å². The highest BCUT2D eigenvalue weighted by Gasteiger charge is 2.24. The normalized spacial score (nSPS) is 14.3. The average Bonchev–Trinajstić information content (AvgIpc) is 2.87. The maximum Gasteiger partial charge on any atom is 0.261 e. The van der Waals surface area contributed by atoms with Crippen molar-refractivity contribution in [2.24, 2.45) is 0 Å². The van der Waals surface area contributed by atoms with Gasteiger partial charge in [-0.1, -0.05) is 11.6 Å². The van der Waals surface area contributed by atoms with Crippen LogP contribution in [0.4, 0.5) is 20.2 Å². The first-order valence-electron chi connectivity index (χ1n) is 11.3. The predicted octanol–water partition coefficient (Wildman–Crippen LogP) is 3.82. The van der Waals surface area contributed by atoms with Crippen molar-refractivity contribution >= 4 is 44.8 Å². The Morgan fingerprint density at radius 2 is 1.46 bits per heavy atom. The van der Waals surface area contributed by atoms with E-state index in [-0.39, 0.29) is 39.5 Å². The molecule has 0 spiro atoms. The van der Waals surface area contributed by atoms with Gasteiger partial charge in [0.2, 0.25) is 5.91 Å². The van der Waals surface area contributed by atoms with Crippen LogP contribution in [0.5, 0.6) is 0 Å². The number of nitrogens with one attached hydrogen (secondary N) is 2. The number of sulfonamides is 1. The molecule has 0 aliphatic carbocycles. The van der Waals surface area contributed by atoms with Crippen LogP contribution in [0.15, 0.2) is 71.6 Å². The summed E-state index contributed by atoms with van der Waals surface area (Å²) in [5, 5.41) is 2.80. The zero-order chi connectivity index (χ0) is 26.6. The summed E-state index contributed by atoms with van der Waals surface area (Å²) in [6.07, 6.45) is 0. The predicted molar refractivity (Wildman–Crippen MR) is 136 cm³/mol. The minimum Gasteiger partial charge on any atom is -0.336 e. The quantitative estimate of drug-likeness (QED) is 0.468. The Kier molecular flexibility index (Phi) is 8.06. The molecule has 0 radical (unpaired) electrons. The summed E-state index contributed by atoms with van der Waals surface area (Å²) >= 11 is 6.16. The Bertz CT molecular complexity index is 1400. The van der Waals surface area contributed by atoms with Crippen LogP contribution in [-0.2, 0) is 14.8 Å². The minimum absolute atomic E-state index is 0.0212. The van der Waals surface area contributed by atoms with Gasteiger partial charge < -0.3 is 10.2 Å². The Morgan fingerprint density at radius 1 is 0.865 bits per heavy atom. The smallest absolute Gasteiger partial charge is 0.261 e. The molecule has 194 valence electrons. The van der Waals surface area contributed by atoms with Gasteiger partial charge in [0.25, 0.3) is 15.9 Å². The molecule has 0 unspecified atom stereocenters. The molecule has 4 rings (SSSR count). The van der Waals surface area contributed by atoms with Crippen LogP contribution in [0.2, 0.25) is 5.02 Å². The number of anilines is 2. The van der Waals surface area contributed by atoms with Gasteiger partial charge in [-0.15, -0.1) is 0 Å². The number of halogens is 3. The standard InChI is InChI=1S/C25H23ClF2N4O4S/c26-22-10-1-17(15-23(22)30-37(35,36)21-8-4-19(28)5-9-21)25(34)32-13-11-31(12-14-32)16-24(33)29-20-6-2-18(27)3-7-20/h1-10,15,30H,11-14,16H2,(H,29,33). The number of rotatable bonds is 7. The van der Waals surface area contributed by atoms with Gasteiger partial charge >= 0.3 is 0 Å². The summed E-state index contributed by atoms with van der Waals surface area (Å²) in [4.78, 5) is 28.7. The summed E-state index contributed by atoms with van der Waals surface area (Å²) in [5.74, 6) is -1.52. The largest absolute Gasteiger partial charge is 0.336 e. The van der Waals surface area contributed by atoms with E-state index in [1.165, 1.54) is 42.5 Å². The van der Waals surface area contributed by atoms with E-state index in [0.717, 1.165) is 24.3 Å². The Morgan fingerprint density at radius 3 is 2.08 bits per heavy atom. The minimum atomic E-state index is -4.05. The van der Waals surface area contributed by atoms with Crippen molar-refractivity contribution in [1.82, 2.24) is 9.80 Å². The number of hydrogen-bond donors (Lipinski definition) is 2. The van der Waals surface area contributed by atoms with Crippen LogP contribution in [-0.4, -0.2) is 62.8 Å². The van der Waals surface area contributed by atoms with E-state index in [1.54, 1.807) is 4.90 Å². The molecule has 3 aromatic rings. The monoisotopic (exact) mass is 548 g/mol. The zero-order valence-corrected chi connectivity index (χ0v) is 21.0. The van der Waals surface area contributed by atoms with Crippen molar-refractivity contribution in [1.29, 1.82) is 0 Å². The van der Waals surface area contributed by atoms with E-state index in [9.17, 15) is 26.8 Å². The average molecular weight is 549 g/mol. The Hall–Kier alpha value is -3.54. The number of carbonyl (C=O) groups is 2. The molecule has 0 atom stereocenters. The highest BCUT2D eigenvalue weighted by molar-refractivity contribution is 7.92. The third-order valence-corrected chi connectivity index (χ3v) is 7.45. The first kappa shape index (κ1) is 26.5. The number of benzene rings is 3. The summed E-state index contributed by atoms with van der Waals surface area (Å²) < 4.78 is 53.8. The first-order chi connectivity index (χ1) is 17.6. The summed E-state index contributed by atoms with van der Waals surface area (Å²) in [5.41, 5.74) is 0.755. The summed E-state index contributed by atoms with van der Waals surface area (Å²) in [6, 6.07) is 14.1. The fourth-order valence-electron chi connectivity index (χ4n) is 3.78. The van der Waals surface area contributed by atoms with Crippen molar-refractivity contribution in [3.05, 3.63) is 89.0 Å². The molecule has 2 amide bonds. The maximum atomic E-state index is 13.2. The van der Waals surface area contributed by atoms with Gasteiger partial charge in [-0.2, -0.15) is 0 Å². The fourth-order valence-corrected chi connectivity index (χ4v) is 5.07. The zero-order valence-electron chi connectivity index (χ0n) is 19.5. The SMILES string of the molecule is O=C(CN1CCN(C(=O)c2ccc(Cl)c(NS(=O)(=O)c3ccc(F)cc3)c2)CC1)Nc1ccc(F)cc1. The lowest BCUT2D eigenvalue weighted by molar-refractivity contribution is -0.117. The number of amides is 2. The van der Waals surface area contributed by atoms with Crippen LogP contribution >= 0.6 is 11.6 Å². The lowest BCUT2D eigenvalue weighted by atomic mass is 10.1. The van der Waals surface area contributed by atoms with E-state index >= 15 is 0 Å². The molecular formula is C25H23ClF2N4O4S. The number of hydrogen-bond acceptors (Lipinski definition) is 5. The highest BCUT2D eigenvalue weighted by Crippen LogP contribution is 2.27. The maximum absolute atomic E-state index is 13.2. The topological polar surface area (TPSA) is 98.8 Å². The molecular weight excluding hydrogens is 526 g/mol. The molecule has 0 aromatic heterocycles. The second kappa shape index (κ2) is 11.2. The van der Waals surface area contributed by atoms with Crippen molar-refractivity contribution in [3.63, 3.8) is 0 Å². The molecule has 3 aromatic carbocycles. The first-order valence-corrected chi connectivity index (χ1v) is 13.1. The molecule has 1 saturated heterocycles. The van der Waals surface area contributed by atoms with Gasteiger partial charge in [0.1, 0.15) is 11.6 Å². The van der Waals surface area contributed by atoms with Crippen molar-refractivity contribution in [2.45, 2.75) is 4.90 Å². The van der Waals surface area contributed by atoms with Gasteiger partial charge in [0.05, 0.1) is 22.2 Å². The molecule has 1 fully saturated rings. The molecule has 1 heterocycles. The molecule has 37 heavy (non-hydrogen) atoms. The van der Waals surface area contributed by atoms with Crippen molar-refractivity contribution in [3.8, 4) is 0 Å². The molecule has 1 aliphatic rings. The van der Waals surface area contributed by atoms with Gasteiger partial charge in [-0.25, -0.2) is 17.2 Å². The van der Waals surface area contributed by atoms with E-state index < -0.39 is 21.7 Å². The van der Waals surface area contributed by atoms with Gasteiger partial charge in [-0.3, -0.25) is 19.2 Å². The van der Waals surface area contributed by atoms with Crippen LogP contribution in [0.25, 0.3) is 0 Å². The lowest BCUT2D eigenvalue weighted by Crippen LogP contribution is -2.50. The molecule has 1 aliphatic heterocycles. The second-order valence-electron chi connectivity index (χ2n) is 8.38. The molecule has 2 N–H and O–H groups in total. The van der Waals surface area contributed by atoms with Crippen LogP contribution < -0.4 is 10.0 Å². The van der Waals surface area contributed by atoms with Gasteiger partial charge in [-0.05, 0) is 66.7 Å². The molecule has 0 saturated carbocycles. The van der Waals surface area contributed by atoms with Crippen molar-refractivity contribution < 1.29 is 26.8 Å². The summed E-state index contributed by atoms with van der Waals surface area (Å²) in [6.45, 7) is 1.76. The second-order valence-corrected chi connectivity index (χ2v) is 10.5. The highest BCUT2D eigenvalue weighted by atomic mass is 35.5. The van der Waals surface area contributed by atoms with Crippen LogP contribution in [0, 0.1) is 11.6 Å². The Balaban J connectivity index is 1.35. The van der Waals surface area contributed by atoms with Crippen LogP contribution in [0.1, 0.15) is 10.4 Å². The number of piperazine rings is 1. The molecule has 0 bridgehead atoms. The van der Waals surface area contributed by atoms with Gasteiger partial charge in [0, 0.05) is 37.4 Å². The van der Waals surface area contributed by atoms with E-state index in [4.69, 9.17) is 11.6 Å². The number of carbonyl (C=O) groups excluding carboxylic acids is 2. The third-order valence-electron chi connectivity index (χ3n) is 5.74. The summed E-state index contributed by atoms with van der Waals surface area (Å²) in [7, 11) is -4.05. The van der Waals surface area contributed by atoms with Crippen LogP contribution in [0.3, 0.4) is 0 Å². The molecule has 12 heteroatoms. The number of nitrogens with zero attached hydrogens (tertiary/aromatic N) is 2. The Labute approximate surface area is 217 Å². The van der Waals surface area contributed by atoms with E-state index in [2.05, 4.69) is 10.0 Å². The fraction of sp³-hybridized carbons (Fsp3) is 0.200. The molecule has 8 nitrogen and oxygen atoms in total. The van der Waals surface area contributed by atoms with Gasteiger partial charge in [0.15, 0.2) is 0 Å². The van der Waals surface area contributed by atoms with Crippen molar-refractivity contribution in [2.75, 3.05) is 42.8 Å². The third kappa shape index (κ3) is 6.82.